The number of H-pyrrole nitrogens is 1. The van der Waals surface area contributed by atoms with Crippen LogP contribution in [0.2, 0.25) is 5.02 Å². The summed E-state index contributed by atoms with van der Waals surface area (Å²) < 4.78 is 13.4. The fourth-order valence-corrected chi connectivity index (χ4v) is 2.39. The van der Waals surface area contributed by atoms with Crippen molar-refractivity contribution in [1.82, 2.24) is 9.97 Å². The summed E-state index contributed by atoms with van der Waals surface area (Å²) in [7, 11) is 0. The van der Waals surface area contributed by atoms with E-state index >= 15 is 0 Å². The average molecular weight is 368 g/mol. The quantitative estimate of drug-likeness (QED) is 0.544. The molecule has 1 heterocycles. The Morgan fingerprint density at radius 1 is 1.23 bits per heavy atom. The Kier molecular flexibility index (Phi) is 5.06. The maximum atomic E-state index is 13.4. The van der Waals surface area contributed by atoms with Crippen molar-refractivity contribution in [1.29, 1.82) is 5.26 Å². The lowest BCUT2D eigenvalue weighted by Gasteiger charge is -2.06. The molecule has 0 atom stereocenters. The van der Waals surface area contributed by atoms with Crippen LogP contribution >= 0.6 is 11.6 Å². The second-order valence-corrected chi connectivity index (χ2v) is 5.51. The molecule has 0 radical (unpaired) electrons. The van der Waals surface area contributed by atoms with Gasteiger partial charge in [-0.1, -0.05) is 54.1 Å². The summed E-state index contributed by atoms with van der Waals surface area (Å²) in [5, 5.41) is 13.1. The Morgan fingerprint density at radius 2 is 2.00 bits per heavy atom. The van der Waals surface area contributed by atoms with Gasteiger partial charge in [0.25, 0.3) is 5.56 Å². The smallest absolute Gasteiger partial charge is 0.270 e. The highest BCUT2D eigenvalue weighted by Crippen LogP contribution is 2.20. The average Bonchev–Trinajstić information content (AvgIpc) is 2.65. The van der Waals surface area contributed by atoms with Crippen molar-refractivity contribution in [2.45, 2.75) is 0 Å². The zero-order valence-electron chi connectivity index (χ0n) is 13.2. The molecule has 8 heteroatoms. The lowest BCUT2D eigenvalue weighted by atomic mass is 10.1. The Hall–Kier alpha value is -3.50. The predicted octanol–water partition coefficient (Wildman–Crippen LogP) is 3.55. The van der Waals surface area contributed by atoms with Gasteiger partial charge in [-0.05, 0) is 6.07 Å². The van der Waals surface area contributed by atoms with Crippen molar-refractivity contribution in [3.05, 3.63) is 80.9 Å². The van der Waals surface area contributed by atoms with Gasteiger partial charge in [0.1, 0.15) is 17.4 Å². The van der Waals surface area contributed by atoms with Crippen LogP contribution in [0.15, 0.2) is 58.4 Å². The molecule has 26 heavy (non-hydrogen) atoms. The van der Waals surface area contributed by atoms with Crippen LogP contribution in [0.4, 0.5) is 10.3 Å². The molecular weight excluding hydrogens is 357 g/mol. The number of nitriles is 1. The molecule has 6 nitrogen and oxygen atoms in total. The molecule has 0 unspecified atom stereocenters. The van der Waals surface area contributed by atoms with Crippen LogP contribution in [0.1, 0.15) is 11.1 Å². The molecule has 2 aromatic carbocycles. The van der Waals surface area contributed by atoms with Crippen LogP contribution in [-0.4, -0.2) is 16.2 Å². The van der Waals surface area contributed by atoms with Crippen LogP contribution in [0, 0.1) is 17.1 Å². The molecule has 128 valence electrons. The fraction of sp³-hybridized carbons (Fsp3) is 0. The molecule has 0 saturated carbocycles. The number of benzene rings is 2. The van der Waals surface area contributed by atoms with Gasteiger partial charge in [-0.2, -0.15) is 10.4 Å². The zero-order chi connectivity index (χ0) is 18.5. The van der Waals surface area contributed by atoms with E-state index in [-0.39, 0.29) is 22.2 Å². The van der Waals surface area contributed by atoms with E-state index < -0.39 is 11.4 Å². The van der Waals surface area contributed by atoms with Crippen LogP contribution in [0.25, 0.3) is 11.3 Å². The highest BCUT2D eigenvalue weighted by molar-refractivity contribution is 6.33. The van der Waals surface area contributed by atoms with E-state index in [9.17, 15) is 14.4 Å². The molecule has 0 spiro atoms. The second-order valence-electron chi connectivity index (χ2n) is 5.13. The third kappa shape index (κ3) is 3.61. The van der Waals surface area contributed by atoms with E-state index in [1.165, 1.54) is 18.3 Å². The van der Waals surface area contributed by atoms with Crippen molar-refractivity contribution >= 4 is 23.8 Å². The van der Waals surface area contributed by atoms with Crippen LogP contribution in [-0.2, 0) is 0 Å². The first-order valence-electron chi connectivity index (χ1n) is 7.43. The van der Waals surface area contributed by atoms with E-state index in [1.807, 2.05) is 12.1 Å². The van der Waals surface area contributed by atoms with Crippen molar-refractivity contribution in [3.8, 4) is 17.3 Å². The first-order chi connectivity index (χ1) is 12.6. The van der Waals surface area contributed by atoms with Gasteiger partial charge in [-0.3, -0.25) is 9.78 Å². The minimum Gasteiger partial charge on any atom is -0.290 e. The van der Waals surface area contributed by atoms with Gasteiger partial charge in [0.05, 0.1) is 16.9 Å². The second kappa shape index (κ2) is 7.59. The summed E-state index contributed by atoms with van der Waals surface area (Å²) in [6.07, 6.45) is 1.30. The lowest BCUT2D eigenvalue weighted by Crippen LogP contribution is -2.16. The largest absolute Gasteiger partial charge is 0.290 e. The molecule has 0 fully saturated rings. The van der Waals surface area contributed by atoms with Gasteiger partial charge in [-0.25, -0.2) is 14.8 Å². The molecule has 0 aliphatic carbocycles. The van der Waals surface area contributed by atoms with Gasteiger partial charge in [0, 0.05) is 11.1 Å². The molecule has 0 amide bonds. The summed E-state index contributed by atoms with van der Waals surface area (Å²) in [5.74, 6) is -0.525. The van der Waals surface area contributed by atoms with Crippen molar-refractivity contribution in [2.75, 3.05) is 5.43 Å². The number of hydrazone groups is 1. The lowest BCUT2D eigenvalue weighted by molar-refractivity contribution is 0.628. The monoisotopic (exact) mass is 367 g/mol. The van der Waals surface area contributed by atoms with Gasteiger partial charge in [-0.15, -0.1) is 0 Å². The van der Waals surface area contributed by atoms with Crippen molar-refractivity contribution in [2.24, 2.45) is 5.10 Å². The summed E-state index contributed by atoms with van der Waals surface area (Å²) in [5.41, 5.74) is 3.08. The van der Waals surface area contributed by atoms with E-state index in [1.54, 1.807) is 30.3 Å². The van der Waals surface area contributed by atoms with Gasteiger partial charge in [0.2, 0.25) is 5.95 Å². The summed E-state index contributed by atoms with van der Waals surface area (Å²) in [6, 6.07) is 15.0. The topological polar surface area (TPSA) is 93.9 Å². The number of hydrogen-bond donors (Lipinski definition) is 2. The standard InChI is InChI=1S/C18H11ClFN5O/c19-15-12(7-4-8-14(15)20)10-22-25-18-23-16(11-5-2-1-3-6-11)13(9-21)17(26)24-18/h1-8,10H,(H2,23,24,25,26). The molecule has 2 N–H and O–H groups in total. The van der Waals surface area contributed by atoms with Crippen LogP contribution < -0.4 is 11.0 Å². The van der Waals surface area contributed by atoms with Crippen molar-refractivity contribution in [3.63, 3.8) is 0 Å². The minimum atomic E-state index is -0.595. The molecule has 0 aliphatic rings. The molecular formula is C18H11ClFN5O. The third-order valence-corrected chi connectivity index (χ3v) is 3.83. The molecule has 1 aromatic heterocycles. The molecule has 0 bridgehead atoms. The summed E-state index contributed by atoms with van der Waals surface area (Å²) in [6.45, 7) is 0. The highest BCUT2D eigenvalue weighted by Gasteiger charge is 2.12. The SMILES string of the molecule is N#Cc1c(-c2ccccc2)nc(NN=Cc2cccc(F)c2Cl)[nH]c1=O. The number of hydrogen-bond acceptors (Lipinski definition) is 5. The number of halogens is 2. The Balaban J connectivity index is 1.93. The molecule has 0 saturated heterocycles. The number of anilines is 1. The summed E-state index contributed by atoms with van der Waals surface area (Å²) >= 11 is 5.84. The van der Waals surface area contributed by atoms with Crippen molar-refractivity contribution < 1.29 is 4.39 Å². The normalized spacial score (nSPS) is 10.7. The number of rotatable bonds is 4. The Bertz CT molecular complexity index is 1070. The summed E-state index contributed by atoms with van der Waals surface area (Å²) in [4.78, 5) is 18.8. The minimum absolute atomic E-state index is 0.0385. The van der Waals surface area contributed by atoms with Gasteiger partial charge < -0.3 is 0 Å². The maximum Gasteiger partial charge on any atom is 0.270 e. The third-order valence-electron chi connectivity index (χ3n) is 3.43. The Morgan fingerprint density at radius 3 is 2.73 bits per heavy atom. The fourth-order valence-electron chi connectivity index (χ4n) is 2.22. The van der Waals surface area contributed by atoms with E-state index in [4.69, 9.17) is 11.6 Å². The first-order valence-corrected chi connectivity index (χ1v) is 7.81. The maximum absolute atomic E-state index is 13.4. The molecule has 3 aromatic rings. The first kappa shape index (κ1) is 17.3. The zero-order valence-corrected chi connectivity index (χ0v) is 14.0. The van der Waals surface area contributed by atoms with E-state index in [0.29, 0.717) is 11.1 Å². The number of aromatic nitrogens is 2. The van der Waals surface area contributed by atoms with Crippen LogP contribution in [0.5, 0.6) is 0 Å². The Labute approximate surface area is 152 Å². The number of nitrogens with zero attached hydrogens (tertiary/aromatic N) is 3. The highest BCUT2D eigenvalue weighted by atomic mass is 35.5. The van der Waals surface area contributed by atoms with Crippen LogP contribution in [0.3, 0.4) is 0 Å². The molecule has 3 rings (SSSR count). The molecule has 0 aliphatic heterocycles. The number of aromatic amines is 1. The van der Waals surface area contributed by atoms with E-state index in [0.717, 1.165) is 0 Å². The van der Waals surface area contributed by atoms with E-state index in [2.05, 4.69) is 20.5 Å². The number of nitrogens with one attached hydrogen (secondary N) is 2. The van der Waals surface area contributed by atoms with Gasteiger partial charge >= 0.3 is 0 Å². The predicted molar refractivity (Wildman–Crippen MR) is 97.6 cm³/mol. The van der Waals surface area contributed by atoms with Gasteiger partial charge in [0.15, 0.2) is 0 Å².